The summed E-state index contributed by atoms with van der Waals surface area (Å²) in [5.41, 5.74) is 3.55. The van der Waals surface area contributed by atoms with Gasteiger partial charge in [0.1, 0.15) is 0 Å². The summed E-state index contributed by atoms with van der Waals surface area (Å²) in [5, 5.41) is 13.5. The molecule has 0 spiro atoms. The summed E-state index contributed by atoms with van der Waals surface area (Å²) < 4.78 is 1.86. The smallest absolute Gasteiger partial charge is 0.307 e. The number of aromatic nitrogens is 2. The van der Waals surface area contributed by atoms with E-state index in [1.54, 1.807) is 0 Å². The van der Waals surface area contributed by atoms with Crippen LogP contribution in [0.3, 0.4) is 0 Å². The van der Waals surface area contributed by atoms with Crippen molar-refractivity contribution in [3.05, 3.63) is 47.3 Å². The Morgan fingerprint density at radius 3 is 2.47 bits per heavy atom. The first-order valence-corrected chi connectivity index (χ1v) is 6.36. The predicted octanol–water partition coefficient (Wildman–Crippen LogP) is 2.93. The Kier molecular flexibility index (Phi) is 3.69. The van der Waals surface area contributed by atoms with Crippen LogP contribution in [-0.2, 0) is 11.2 Å². The molecule has 0 aliphatic heterocycles. The van der Waals surface area contributed by atoms with Gasteiger partial charge in [0.15, 0.2) is 0 Å². The number of para-hydroxylation sites is 1. The first kappa shape index (κ1) is 13.3. The van der Waals surface area contributed by atoms with E-state index in [0.29, 0.717) is 0 Å². The fraction of sp³-hybridized carbons (Fsp3) is 0.333. The van der Waals surface area contributed by atoms with Gasteiger partial charge in [-0.1, -0.05) is 32.0 Å². The molecular weight excluding hydrogens is 240 g/mol. The highest BCUT2D eigenvalue weighted by molar-refractivity contribution is 5.71. The predicted molar refractivity (Wildman–Crippen MR) is 73.7 cm³/mol. The summed E-state index contributed by atoms with van der Waals surface area (Å²) in [5.74, 6) is -0.603. The number of hydrogen-bond acceptors (Lipinski definition) is 2. The Hall–Kier alpha value is -2.10. The van der Waals surface area contributed by atoms with E-state index in [-0.39, 0.29) is 12.3 Å². The van der Waals surface area contributed by atoms with Crippen LogP contribution in [-0.4, -0.2) is 20.9 Å². The Bertz CT molecular complexity index is 586. The van der Waals surface area contributed by atoms with Gasteiger partial charge in [-0.05, 0) is 25.0 Å². The lowest BCUT2D eigenvalue weighted by Crippen LogP contribution is -2.08. The van der Waals surface area contributed by atoms with Crippen molar-refractivity contribution in [1.29, 1.82) is 0 Å². The third-order valence-electron chi connectivity index (χ3n) is 3.10. The van der Waals surface area contributed by atoms with Crippen LogP contribution in [0.4, 0.5) is 0 Å². The highest BCUT2D eigenvalue weighted by Crippen LogP contribution is 2.26. The molecule has 0 radical (unpaired) electrons. The Labute approximate surface area is 112 Å². The van der Waals surface area contributed by atoms with E-state index in [9.17, 15) is 4.79 Å². The van der Waals surface area contributed by atoms with Crippen LogP contribution in [0.2, 0.25) is 0 Å². The molecule has 4 nitrogen and oxygen atoms in total. The minimum absolute atomic E-state index is 0.0200. The fourth-order valence-corrected chi connectivity index (χ4v) is 2.31. The quantitative estimate of drug-likeness (QED) is 0.917. The summed E-state index contributed by atoms with van der Waals surface area (Å²) in [7, 11) is 0. The lowest BCUT2D eigenvalue weighted by atomic mass is 10.0. The van der Waals surface area contributed by atoms with Crippen LogP contribution < -0.4 is 0 Å². The van der Waals surface area contributed by atoms with Gasteiger partial charge in [-0.3, -0.25) is 4.79 Å². The van der Waals surface area contributed by atoms with E-state index in [1.807, 2.05) is 41.9 Å². The fourth-order valence-electron chi connectivity index (χ4n) is 2.31. The van der Waals surface area contributed by atoms with E-state index in [0.717, 1.165) is 22.6 Å². The largest absolute Gasteiger partial charge is 0.481 e. The molecule has 0 aliphatic carbocycles. The zero-order chi connectivity index (χ0) is 14.0. The molecule has 0 fully saturated rings. The van der Waals surface area contributed by atoms with Crippen molar-refractivity contribution in [3.8, 4) is 5.69 Å². The molecule has 19 heavy (non-hydrogen) atoms. The second-order valence-corrected chi connectivity index (χ2v) is 4.92. The van der Waals surface area contributed by atoms with Crippen LogP contribution in [0, 0.1) is 6.92 Å². The number of nitrogens with zero attached hydrogens (tertiary/aromatic N) is 2. The van der Waals surface area contributed by atoms with Gasteiger partial charge in [0.2, 0.25) is 0 Å². The number of carbonyl (C=O) groups is 1. The summed E-state index contributed by atoms with van der Waals surface area (Å²) in [6, 6.07) is 9.81. The zero-order valence-electron chi connectivity index (χ0n) is 11.4. The van der Waals surface area contributed by atoms with Crippen molar-refractivity contribution in [2.45, 2.75) is 33.1 Å². The normalized spacial score (nSPS) is 10.9. The van der Waals surface area contributed by atoms with Crippen molar-refractivity contribution in [2.75, 3.05) is 0 Å². The molecule has 100 valence electrons. The summed E-state index contributed by atoms with van der Waals surface area (Å²) in [6.45, 7) is 5.98. The maximum Gasteiger partial charge on any atom is 0.307 e. The van der Waals surface area contributed by atoms with Crippen LogP contribution in [0.15, 0.2) is 30.3 Å². The van der Waals surface area contributed by atoms with Crippen molar-refractivity contribution < 1.29 is 9.90 Å². The van der Waals surface area contributed by atoms with Crippen molar-refractivity contribution >= 4 is 5.97 Å². The molecule has 2 aromatic rings. The van der Waals surface area contributed by atoms with Crippen molar-refractivity contribution in [1.82, 2.24) is 9.78 Å². The third-order valence-corrected chi connectivity index (χ3v) is 3.10. The molecule has 0 saturated carbocycles. The van der Waals surface area contributed by atoms with E-state index < -0.39 is 5.97 Å². The molecule has 2 rings (SSSR count). The average Bonchev–Trinajstić information content (AvgIpc) is 2.67. The molecule has 1 heterocycles. The van der Waals surface area contributed by atoms with Crippen molar-refractivity contribution in [2.24, 2.45) is 0 Å². The van der Waals surface area contributed by atoms with Gasteiger partial charge in [-0.15, -0.1) is 0 Å². The summed E-state index contributed by atoms with van der Waals surface area (Å²) in [4.78, 5) is 11.0. The molecule has 1 aromatic carbocycles. The van der Waals surface area contributed by atoms with E-state index in [4.69, 9.17) is 5.11 Å². The number of aryl methyl sites for hydroxylation is 1. The van der Waals surface area contributed by atoms with Gasteiger partial charge in [-0.2, -0.15) is 5.10 Å². The summed E-state index contributed by atoms with van der Waals surface area (Å²) in [6.07, 6.45) is 0.0200. The molecule has 0 aliphatic rings. The minimum atomic E-state index is -0.822. The van der Waals surface area contributed by atoms with Crippen LogP contribution in [0.5, 0.6) is 0 Å². The maximum absolute atomic E-state index is 11.0. The van der Waals surface area contributed by atoms with E-state index in [2.05, 4.69) is 18.9 Å². The summed E-state index contributed by atoms with van der Waals surface area (Å²) >= 11 is 0. The number of carboxylic acids is 1. The second kappa shape index (κ2) is 5.26. The van der Waals surface area contributed by atoms with Crippen LogP contribution in [0.1, 0.15) is 36.7 Å². The molecule has 1 N–H and O–H groups in total. The van der Waals surface area contributed by atoms with Crippen LogP contribution in [0.25, 0.3) is 5.69 Å². The average molecular weight is 258 g/mol. The van der Waals surface area contributed by atoms with Crippen molar-refractivity contribution in [3.63, 3.8) is 0 Å². The van der Waals surface area contributed by atoms with Gasteiger partial charge in [0.05, 0.1) is 23.5 Å². The van der Waals surface area contributed by atoms with Crippen LogP contribution >= 0.6 is 0 Å². The van der Waals surface area contributed by atoms with Gasteiger partial charge < -0.3 is 5.11 Å². The first-order chi connectivity index (χ1) is 9.00. The zero-order valence-corrected chi connectivity index (χ0v) is 11.4. The van der Waals surface area contributed by atoms with Gasteiger partial charge in [0, 0.05) is 5.56 Å². The third kappa shape index (κ3) is 2.67. The number of rotatable bonds is 4. The Balaban J connectivity index is 2.59. The first-order valence-electron chi connectivity index (χ1n) is 6.36. The Morgan fingerprint density at radius 2 is 1.95 bits per heavy atom. The molecular formula is C15H18N2O2. The molecule has 0 unspecified atom stereocenters. The monoisotopic (exact) mass is 258 g/mol. The second-order valence-electron chi connectivity index (χ2n) is 4.92. The molecule has 0 atom stereocenters. The number of carboxylic acid groups (broad SMARTS) is 1. The minimum Gasteiger partial charge on any atom is -0.481 e. The number of aliphatic carboxylic acids is 1. The number of benzene rings is 1. The van der Waals surface area contributed by atoms with Gasteiger partial charge >= 0.3 is 5.97 Å². The standard InChI is InChI=1S/C15H18N2O2/c1-10(2)15-13(9-14(18)19)11(3)16-17(15)12-7-5-4-6-8-12/h4-8,10H,9H2,1-3H3,(H,18,19). The van der Waals surface area contributed by atoms with E-state index in [1.165, 1.54) is 0 Å². The highest BCUT2D eigenvalue weighted by atomic mass is 16.4. The Morgan fingerprint density at radius 1 is 1.32 bits per heavy atom. The SMILES string of the molecule is Cc1nn(-c2ccccc2)c(C(C)C)c1CC(=O)O. The molecule has 0 amide bonds. The highest BCUT2D eigenvalue weighted by Gasteiger charge is 2.20. The topological polar surface area (TPSA) is 55.1 Å². The number of hydrogen-bond donors (Lipinski definition) is 1. The molecule has 1 aromatic heterocycles. The lowest BCUT2D eigenvalue weighted by molar-refractivity contribution is -0.136. The molecule has 0 bridgehead atoms. The maximum atomic E-state index is 11.0. The van der Waals surface area contributed by atoms with Gasteiger partial charge in [-0.25, -0.2) is 4.68 Å². The van der Waals surface area contributed by atoms with E-state index >= 15 is 0 Å². The molecule has 4 heteroatoms. The lowest BCUT2D eigenvalue weighted by Gasteiger charge is -2.12. The van der Waals surface area contributed by atoms with Gasteiger partial charge in [0.25, 0.3) is 0 Å². The molecule has 0 saturated heterocycles.